The van der Waals surface area contributed by atoms with E-state index in [4.69, 9.17) is 10.5 Å². The quantitative estimate of drug-likeness (QED) is 0.821. The van der Waals surface area contributed by atoms with Gasteiger partial charge in [-0.2, -0.15) is 4.37 Å². The molecule has 19 heavy (non-hydrogen) atoms. The van der Waals surface area contributed by atoms with Crippen LogP contribution in [0.1, 0.15) is 20.8 Å². The maximum absolute atomic E-state index is 12.1. The summed E-state index contributed by atoms with van der Waals surface area (Å²) in [6.07, 6.45) is 0. The average Bonchev–Trinajstić information content (AvgIpc) is 2.73. The molecule has 7 heteroatoms. The van der Waals surface area contributed by atoms with Crippen molar-refractivity contribution in [1.82, 2.24) is 9.27 Å². The van der Waals surface area contributed by atoms with Crippen LogP contribution in [-0.2, 0) is 4.79 Å². The molecule has 6 nitrogen and oxygen atoms in total. The van der Waals surface area contributed by atoms with Crippen LogP contribution in [0.15, 0.2) is 0 Å². The predicted molar refractivity (Wildman–Crippen MR) is 78.9 cm³/mol. The molecule has 0 bridgehead atoms. The first-order chi connectivity index (χ1) is 9.04. The number of hydrogen-bond acceptors (Lipinski definition) is 6. The molecule has 0 saturated heterocycles. The van der Waals surface area contributed by atoms with Gasteiger partial charge in [0, 0.05) is 20.1 Å². The predicted octanol–water partition coefficient (Wildman–Crippen LogP) is 1.43. The third kappa shape index (κ3) is 3.73. The third-order valence-electron chi connectivity index (χ3n) is 2.78. The number of nitrogen functional groups attached to an aromatic ring is 1. The van der Waals surface area contributed by atoms with Crippen LogP contribution < -0.4 is 15.4 Å². The second kappa shape index (κ2) is 7.18. The summed E-state index contributed by atoms with van der Waals surface area (Å²) in [5, 5.41) is 0.792. The van der Waals surface area contributed by atoms with Gasteiger partial charge in [-0.25, -0.2) is 0 Å². The van der Waals surface area contributed by atoms with Crippen molar-refractivity contribution in [3.8, 4) is 5.75 Å². The van der Waals surface area contributed by atoms with E-state index < -0.39 is 0 Å². The van der Waals surface area contributed by atoms with Crippen LogP contribution in [0.5, 0.6) is 5.75 Å². The van der Waals surface area contributed by atoms with Crippen LogP contribution in [0.25, 0.3) is 0 Å². The molecule has 108 valence electrons. The molecule has 0 spiro atoms. The number of carbonyl (C=O) groups excluding carboxylic acids is 1. The van der Waals surface area contributed by atoms with Crippen molar-refractivity contribution in [2.45, 2.75) is 20.8 Å². The van der Waals surface area contributed by atoms with Gasteiger partial charge in [-0.05, 0) is 32.3 Å². The van der Waals surface area contributed by atoms with Crippen molar-refractivity contribution in [3.63, 3.8) is 0 Å². The second-order valence-corrected chi connectivity index (χ2v) is 4.81. The summed E-state index contributed by atoms with van der Waals surface area (Å²) in [5.74, 6) is 1.04. The number of amides is 1. The first kappa shape index (κ1) is 15.6. The second-order valence-electron chi connectivity index (χ2n) is 4.06. The first-order valence-electron chi connectivity index (χ1n) is 6.41. The lowest BCUT2D eigenvalue weighted by atomic mass is 10.4. The van der Waals surface area contributed by atoms with E-state index in [1.807, 2.05) is 32.7 Å². The Labute approximate surface area is 118 Å². The number of carbonyl (C=O) groups is 1. The molecule has 1 amide bonds. The molecule has 1 aromatic heterocycles. The van der Waals surface area contributed by atoms with E-state index >= 15 is 0 Å². The number of nitrogens with zero attached hydrogens (tertiary/aromatic N) is 3. The molecule has 0 aromatic carbocycles. The lowest BCUT2D eigenvalue weighted by Crippen LogP contribution is -2.38. The molecule has 0 aliphatic heterocycles. The topological polar surface area (TPSA) is 71.7 Å². The van der Waals surface area contributed by atoms with Crippen molar-refractivity contribution in [3.05, 3.63) is 0 Å². The van der Waals surface area contributed by atoms with Crippen molar-refractivity contribution in [2.75, 3.05) is 43.9 Å². The Bertz CT molecular complexity index is 418. The summed E-state index contributed by atoms with van der Waals surface area (Å²) in [4.78, 5) is 15.7. The molecule has 0 radical (unpaired) electrons. The summed E-state index contributed by atoms with van der Waals surface area (Å²) in [6.45, 7) is 8.08. The largest absolute Gasteiger partial charge is 0.487 e. The number of rotatable bonds is 7. The minimum absolute atomic E-state index is 0.0851. The van der Waals surface area contributed by atoms with E-state index in [9.17, 15) is 4.79 Å². The molecular formula is C12H22N4O2S. The Morgan fingerprint density at radius 3 is 2.53 bits per heavy atom. The Morgan fingerprint density at radius 2 is 2.00 bits per heavy atom. The van der Waals surface area contributed by atoms with Gasteiger partial charge in [0.05, 0.1) is 13.2 Å². The summed E-state index contributed by atoms with van der Waals surface area (Å²) >= 11 is 1.25. The number of ether oxygens (including phenoxy) is 1. The van der Waals surface area contributed by atoms with Crippen molar-refractivity contribution >= 4 is 28.3 Å². The lowest BCUT2D eigenvalue weighted by molar-refractivity contribution is -0.129. The van der Waals surface area contributed by atoms with E-state index in [-0.39, 0.29) is 5.91 Å². The van der Waals surface area contributed by atoms with Crippen LogP contribution in [0.3, 0.4) is 0 Å². The number of anilines is 2. The van der Waals surface area contributed by atoms with E-state index in [0.29, 0.717) is 37.8 Å². The Hall–Kier alpha value is -1.50. The molecule has 1 rings (SSSR count). The molecule has 2 N–H and O–H groups in total. The van der Waals surface area contributed by atoms with E-state index in [0.717, 1.165) is 5.00 Å². The average molecular weight is 286 g/mol. The van der Waals surface area contributed by atoms with E-state index in [1.54, 1.807) is 4.90 Å². The minimum atomic E-state index is 0.0851. The Balaban J connectivity index is 2.78. The van der Waals surface area contributed by atoms with Gasteiger partial charge in [-0.15, -0.1) is 0 Å². The maximum Gasteiger partial charge on any atom is 0.242 e. The molecule has 1 aromatic rings. The molecular weight excluding hydrogens is 264 g/mol. The zero-order chi connectivity index (χ0) is 14.4. The van der Waals surface area contributed by atoms with E-state index in [1.165, 1.54) is 11.5 Å². The maximum atomic E-state index is 12.1. The fourth-order valence-electron chi connectivity index (χ4n) is 1.76. The van der Waals surface area contributed by atoms with Crippen molar-refractivity contribution < 1.29 is 9.53 Å². The highest BCUT2D eigenvalue weighted by Gasteiger charge is 2.20. The molecule has 1 heterocycles. The Morgan fingerprint density at radius 1 is 1.37 bits per heavy atom. The van der Waals surface area contributed by atoms with Crippen LogP contribution in [0.4, 0.5) is 10.8 Å². The van der Waals surface area contributed by atoms with Crippen LogP contribution in [-0.4, -0.2) is 48.5 Å². The van der Waals surface area contributed by atoms with E-state index in [2.05, 4.69) is 4.37 Å². The van der Waals surface area contributed by atoms with Crippen LogP contribution in [0.2, 0.25) is 0 Å². The normalized spacial score (nSPS) is 10.3. The lowest BCUT2D eigenvalue weighted by Gasteiger charge is -2.23. The first-order valence-corrected chi connectivity index (χ1v) is 7.19. The molecule has 0 atom stereocenters. The highest BCUT2D eigenvalue weighted by Crippen LogP contribution is 2.37. The third-order valence-corrected chi connectivity index (χ3v) is 3.74. The molecule has 0 aliphatic carbocycles. The Kier molecular flexibility index (Phi) is 5.88. The zero-order valence-electron chi connectivity index (χ0n) is 12.0. The highest BCUT2D eigenvalue weighted by molar-refractivity contribution is 7.11. The van der Waals surface area contributed by atoms with Gasteiger partial charge in [0.2, 0.25) is 5.91 Å². The van der Waals surface area contributed by atoms with Crippen molar-refractivity contribution in [2.24, 2.45) is 0 Å². The van der Waals surface area contributed by atoms with Gasteiger partial charge >= 0.3 is 0 Å². The monoisotopic (exact) mass is 286 g/mol. The smallest absolute Gasteiger partial charge is 0.242 e. The van der Waals surface area contributed by atoms with Crippen molar-refractivity contribution in [1.29, 1.82) is 0 Å². The van der Waals surface area contributed by atoms with Crippen LogP contribution in [0, 0.1) is 0 Å². The van der Waals surface area contributed by atoms with Gasteiger partial charge < -0.3 is 20.3 Å². The number of aromatic nitrogens is 1. The number of likely N-dealkylation sites (N-methyl/N-ethyl adjacent to an activating group) is 2. The molecule has 0 aliphatic rings. The highest BCUT2D eigenvalue weighted by atomic mass is 32.1. The van der Waals surface area contributed by atoms with Gasteiger partial charge in [0.25, 0.3) is 0 Å². The summed E-state index contributed by atoms with van der Waals surface area (Å²) < 4.78 is 9.56. The standard InChI is InChI=1S/C12H22N4O2S/c1-5-16(6-2)9(17)8-15(4)12-10(18-7-3)11(13)14-19-12/h5-8H2,1-4H3,(H2,13,14). The molecule has 0 saturated carbocycles. The summed E-state index contributed by atoms with van der Waals surface area (Å²) in [7, 11) is 1.84. The zero-order valence-corrected chi connectivity index (χ0v) is 12.8. The summed E-state index contributed by atoms with van der Waals surface area (Å²) in [6, 6.07) is 0. The van der Waals surface area contributed by atoms with Gasteiger partial charge in [0.1, 0.15) is 0 Å². The number of nitrogens with two attached hydrogens (primary N) is 1. The fourth-order valence-corrected chi connectivity index (χ4v) is 2.48. The van der Waals surface area contributed by atoms with Crippen LogP contribution >= 0.6 is 11.5 Å². The fraction of sp³-hybridized carbons (Fsp3) is 0.667. The molecule has 0 unspecified atom stereocenters. The number of hydrogen-bond donors (Lipinski definition) is 1. The minimum Gasteiger partial charge on any atom is -0.487 e. The SMILES string of the molecule is CCOc1c(N)nsc1N(C)CC(=O)N(CC)CC. The molecule has 0 fully saturated rings. The van der Waals surface area contributed by atoms with Gasteiger partial charge in [-0.1, -0.05) is 0 Å². The van der Waals surface area contributed by atoms with Gasteiger partial charge in [-0.3, -0.25) is 4.79 Å². The van der Waals surface area contributed by atoms with Gasteiger partial charge in [0.15, 0.2) is 16.6 Å². The summed E-state index contributed by atoms with van der Waals surface area (Å²) in [5.41, 5.74) is 5.76.